The van der Waals surface area contributed by atoms with E-state index < -0.39 is 11.8 Å². The number of carbonyl (C=O) groups excluding carboxylic acids is 3. The molecule has 2 aromatic rings. The molecule has 0 spiro atoms. The van der Waals surface area contributed by atoms with Gasteiger partial charge in [0.15, 0.2) is 0 Å². The number of carbonyl (C=O) groups is 3. The molecule has 0 bridgehead atoms. The Morgan fingerprint density at radius 3 is 2.20 bits per heavy atom. The first-order valence-corrected chi connectivity index (χ1v) is 8.00. The quantitative estimate of drug-likeness (QED) is 0.729. The first-order chi connectivity index (χ1) is 12.0. The minimum absolute atomic E-state index is 0.0366. The summed E-state index contributed by atoms with van der Waals surface area (Å²) in [5, 5.41) is 7.80. The average molecular weight is 339 g/mol. The maximum Gasteiger partial charge on any atom is 0.313 e. The van der Waals surface area contributed by atoms with E-state index in [0.717, 1.165) is 5.56 Å². The van der Waals surface area contributed by atoms with Crippen LogP contribution in [0, 0.1) is 0 Å². The van der Waals surface area contributed by atoms with Crippen molar-refractivity contribution in [3.8, 4) is 0 Å². The number of benzene rings is 2. The van der Waals surface area contributed by atoms with Crippen LogP contribution in [-0.4, -0.2) is 23.8 Å². The Labute approximate surface area is 146 Å². The molecule has 0 heterocycles. The summed E-state index contributed by atoms with van der Waals surface area (Å²) in [7, 11) is 0. The summed E-state index contributed by atoms with van der Waals surface area (Å²) in [4.78, 5) is 36.2. The average Bonchev–Trinajstić information content (AvgIpc) is 2.60. The fourth-order valence-electron chi connectivity index (χ4n) is 2.17. The molecule has 25 heavy (non-hydrogen) atoms. The van der Waals surface area contributed by atoms with Gasteiger partial charge in [-0.05, 0) is 31.5 Å². The highest BCUT2D eigenvalue weighted by Gasteiger charge is 2.17. The van der Waals surface area contributed by atoms with Crippen molar-refractivity contribution in [3.05, 3.63) is 65.7 Å². The Bertz CT molecular complexity index is 758. The zero-order valence-corrected chi connectivity index (χ0v) is 14.2. The Morgan fingerprint density at radius 2 is 1.52 bits per heavy atom. The number of para-hydroxylation sites is 1. The number of hydrogen-bond acceptors (Lipinski definition) is 3. The summed E-state index contributed by atoms with van der Waals surface area (Å²) in [5.74, 6) is -1.89. The van der Waals surface area contributed by atoms with Gasteiger partial charge in [-0.25, -0.2) is 0 Å². The predicted molar refractivity (Wildman–Crippen MR) is 96.0 cm³/mol. The number of amides is 3. The molecule has 0 aliphatic carbocycles. The van der Waals surface area contributed by atoms with E-state index in [1.54, 1.807) is 24.3 Å². The zero-order chi connectivity index (χ0) is 18.2. The van der Waals surface area contributed by atoms with Gasteiger partial charge in [0, 0.05) is 12.6 Å². The van der Waals surface area contributed by atoms with Crippen molar-refractivity contribution in [1.82, 2.24) is 10.6 Å². The molecule has 130 valence electrons. The van der Waals surface area contributed by atoms with Crippen molar-refractivity contribution in [2.75, 3.05) is 5.32 Å². The highest BCUT2D eigenvalue weighted by atomic mass is 16.2. The van der Waals surface area contributed by atoms with E-state index in [1.807, 2.05) is 44.2 Å². The second-order valence-electron chi connectivity index (χ2n) is 5.80. The van der Waals surface area contributed by atoms with Crippen molar-refractivity contribution in [2.24, 2.45) is 0 Å². The molecule has 3 N–H and O–H groups in total. The normalized spacial score (nSPS) is 10.2. The number of nitrogens with one attached hydrogen (secondary N) is 3. The molecule has 2 aromatic carbocycles. The highest BCUT2D eigenvalue weighted by Crippen LogP contribution is 2.15. The molecule has 0 atom stereocenters. The molecule has 0 fully saturated rings. The van der Waals surface area contributed by atoms with Crippen LogP contribution in [-0.2, 0) is 16.1 Å². The minimum atomic E-state index is -0.819. The zero-order valence-electron chi connectivity index (χ0n) is 14.2. The van der Waals surface area contributed by atoms with E-state index in [2.05, 4.69) is 16.0 Å². The van der Waals surface area contributed by atoms with Gasteiger partial charge in [0.05, 0.1) is 11.3 Å². The van der Waals surface area contributed by atoms with E-state index in [-0.39, 0.29) is 18.5 Å². The van der Waals surface area contributed by atoms with Crippen molar-refractivity contribution in [3.63, 3.8) is 0 Å². The Kier molecular flexibility index (Phi) is 6.28. The first kappa shape index (κ1) is 18.2. The van der Waals surface area contributed by atoms with Gasteiger partial charge in [-0.1, -0.05) is 42.5 Å². The predicted octanol–water partition coefficient (Wildman–Crippen LogP) is 2.08. The van der Waals surface area contributed by atoms with Gasteiger partial charge in [-0.15, -0.1) is 0 Å². The van der Waals surface area contributed by atoms with Crippen molar-refractivity contribution in [2.45, 2.75) is 26.4 Å². The molecule has 6 nitrogen and oxygen atoms in total. The summed E-state index contributed by atoms with van der Waals surface area (Å²) >= 11 is 0. The Hall–Kier alpha value is -3.15. The Balaban J connectivity index is 2.00. The SMILES string of the molecule is CC(C)NC(=O)c1ccccc1NC(=O)C(=O)NCc1ccccc1. The Morgan fingerprint density at radius 1 is 0.880 bits per heavy atom. The van der Waals surface area contributed by atoms with E-state index in [9.17, 15) is 14.4 Å². The topological polar surface area (TPSA) is 87.3 Å². The van der Waals surface area contributed by atoms with Gasteiger partial charge < -0.3 is 16.0 Å². The van der Waals surface area contributed by atoms with Crippen LogP contribution in [0.2, 0.25) is 0 Å². The standard InChI is InChI=1S/C19H21N3O3/c1-13(2)21-17(23)15-10-6-7-11-16(15)22-19(25)18(24)20-12-14-8-4-3-5-9-14/h3-11,13H,12H2,1-2H3,(H,20,24)(H,21,23)(H,22,25). The van der Waals surface area contributed by atoms with Crippen LogP contribution in [0.1, 0.15) is 29.8 Å². The van der Waals surface area contributed by atoms with Crippen molar-refractivity contribution >= 4 is 23.4 Å². The van der Waals surface area contributed by atoms with Gasteiger partial charge in [-0.2, -0.15) is 0 Å². The monoisotopic (exact) mass is 339 g/mol. The van der Waals surface area contributed by atoms with E-state index >= 15 is 0 Å². The van der Waals surface area contributed by atoms with E-state index in [4.69, 9.17) is 0 Å². The molecule has 6 heteroatoms. The number of anilines is 1. The van der Waals surface area contributed by atoms with Crippen LogP contribution in [0.5, 0.6) is 0 Å². The molecule has 2 rings (SSSR count). The second kappa shape index (κ2) is 8.63. The molecule has 0 unspecified atom stereocenters. The van der Waals surface area contributed by atoms with E-state index in [1.165, 1.54) is 0 Å². The minimum Gasteiger partial charge on any atom is -0.350 e. The van der Waals surface area contributed by atoms with Crippen molar-refractivity contribution < 1.29 is 14.4 Å². The lowest BCUT2D eigenvalue weighted by molar-refractivity contribution is -0.136. The fraction of sp³-hybridized carbons (Fsp3) is 0.211. The van der Waals surface area contributed by atoms with Crippen LogP contribution < -0.4 is 16.0 Å². The lowest BCUT2D eigenvalue weighted by atomic mass is 10.1. The fourth-order valence-corrected chi connectivity index (χ4v) is 2.17. The lowest BCUT2D eigenvalue weighted by Gasteiger charge is -2.13. The summed E-state index contributed by atoms with van der Waals surface area (Å²) in [6.07, 6.45) is 0. The van der Waals surface area contributed by atoms with Gasteiger partial charge in [0.2, 0.25) is 0 Å². The van der Waals surface area contributed by atoms with Crippen LogP contribution in [0.3, 0.4) is 0 Å². The summed E-state index contributed by atoms with van der Waals surface area (Å²) < 4.78 is 0. The highest BCUT2D eigenvalue weighted by molar-refractivity contribution is 6.40. The maximum atomic E-state index is 12.2. The molecule has 3 amide bonds. The first-order valence-electron chi connectivity index (χ1n) is 8.00. The second-order valence-corrected chi connectivity index (χ2v) is 5.80. The third kappa shape index (κ3) is 5.46. The van der Waals surface area contributed by atoms with Gasteiger partial charge in [0.25, 0.3) is 5.91 Å². The van der Waals surface area contributed by atoms with Crippen LogP contribution in [0.15, 0.2) is 54.6 Å². The molecule has 0 saturated carbocycles. The molecule has 0 aliphatic rings. The van der Waals surface area contributed by atoms with E-state index in [0.29, 0.717) is 11.3 Å². The smallest absolute Gasteiger partial charge is 0.313 e. The third-order valence-corrected chi connectivity index (χ3v) is 3.34. The molecule has 0 aromatic heterocycles. The number of rotatable bonds is 5. The van der Waals surface area contributed by atoms with Crippen LogP contribution in [0.25, 0.3) is 0 Å². The summed E-state index contributed by atoms with van der Waals surface area (Å²) in [6, 6.07) is 15.8. The molecule has 0 saturated heterocycles. The molecule has 0 radical (unpaired) electrons. The summed E-state index contributed by atoms with van der Waals surface area (Å²) in [5.41, 5.74) is 1.49. The molecular weight excluding hydrogens is 318 g/mol. The largest absolute Gasteiger partial charge is 0.350 e. The lowest BCUT2D eigenvalue weighted by Crippen LogP contribution is -2.36. The molecule has 0 aliphatic heterocycles. The number of hydrogen-bond donors (Lipinski definition) is 3. The molecular formula is C19H21N3O3. The van der Waals surface area contributed by atoms with Gasteiger partial charge in [-0.3, -0.25) is 14.4 Å². The summed E-state index contributed by atoms with van der Waals surface area (Å²) in [6.45, 7) is 3.94. The maximum absolute atomic E-state index is 12.2. The van der Waals surface area contributed by atoms with Gasteiger partial charge in [0.1, 0.15) is 0 Å². The van der Waals surface area contributed by atoms with Crippen LogP contribution >= 0.6 is 0 Å². The van der Waals surface area contributed by atoms with Crippen LogP contribution in [0.4, 0.5) is 5.69 Å². The van der Waals surface area contributed by atoms with Gasteiger partial charge >= 0.3 is 11.8 Å². The van der Waals surface area contributed by atoms with Crippen molar-refractivity contribution in [1.29, 1.82) is 0 Å². The third-order valence-electron chi connectivity index (χ3n) is 3.34.